The van der Waals surface area contributed by atoms with E-state index in [-0.39, 0.29) is 6.04 Å². The molecule has 2 fully saturated rings. The third kappa shape index (κ3) is 3.68. The normalized spacial score (nSPS) is 27.2. The number of hydrogen-bond donors (Lipinski definition) is 2. The van der Waals surface area contributed by atoms with Crippen LogP contribution in [-0.2, 0) is 4.79 Å². The van der Waals surface area contributed by atoms with Gasteiger partial charge in [-0.25, -0.2) is 0 Å². The second kappa shape index (κ2) is 5.83. The van der Waals surface area contributed by atoms with Gasteiger partial charge in [-0.15, -0.1) is 0 Å². The van der Waals surface area contributed by atoms with Crippen molar-refractivity contribution in [2.45, 2.75) is 63.6 Å². The van der Waals surface area contributed by atoms with Gasteiger partial charge in [-0.05, 0) is 45.1 Å². The lowest BCUT2D eigenvalue weighted by Gasteiger charge is -2.25. The van der Waals surface area contributed by atoms with Crippen molar-refractivity contribution in [2.24, 2.45) is 0 Å². The lowest BCUT2D eigenvalue weighted by atomic mass is 10.1. The standard InChI is InChI=1S/C13H24N2O2/c1-2-11-4-3-8-15(11)9-7-12(13(16)17)14-10-5-6-10/h10-12,14H,2-9H2,1H3,(H,16,17). The van der Waals surface area contributed by atoms with Crippen molar-refractivity contribution in [1.82, 2.24) is 10.2 Å². The molecule has 2 rings (SSSR count). The van der Waals surface area contributed by atoms with Crippen molar-refractivity contribution in [3.05, 3.63) is 0 Å². The molecule has 17 heavy (non-hydrogen) atoms. The van der Waals surface area contributed by atoms with Crippen LogP contribution >= 0.6 is 0 Å². The Kier molecular flexibility index (Phi) is 4.40. The third-order valence-electron chi connectivity index (χ3n) is 3.99. The monoisotopic (exact) mass is 240 g/mol. The van der Waals surface area contributed by atoms with Gasteiger partial charge in [0, 0.05) is 18.6 Å². The highest BCUT2D eigenvalue weighted by Crippen LogP contribution is 2.22. The zero-order chi connectivity index (χ0) is 12.3. The van der Waals surface area contributed by atoms with Gasteiger partial charge in [0.1, 0.15) is 6.04 Å². The summed E-state index contributed by atoms with van der Waals surface area (Å²) >= 11 is 0. The number of carboxylic acids is 1. The quantitative estimate of drug-likeness (QED) is 0.707. The summed E-state index contributed by atoms with van der Waals surface area (Å²) in [6.07, 6.45) is 6.77. The number of carbonyl (C=O) groups is 1. The minimum Gasteiger partial charge on any atom is -0.480 e. The van der Waals surface area contributed by atoms with Gasteiger partial charge >= 0.3 is 5.97 Å². The first-order valence-corrected chi connectivity index (χ1v) is 6.93. The maximum absolute atomic E-state index is 11.1. The van der Waals surface area contributed by atoms with Crippen molar-refractivity contribution in [3.63, 3.8) is 0 Å². The summed E-state index contributed by atoms with van der Waals surface area (Å²) in [5, 5.41) is 12.4. The summed E-state index contributed by atoms with van der Waals surface area (Å²) in [6, 6.07) is 0.808. The molecule has 1 saturated carbocycles. The summed E-state index contributed by atoms with van der Waals surface area (Å²) in [5.74, 6) is -0.691. The largest absolute Gasteiger partial charge is 0.480 e. The fourth-order valence-electron chi connectivity index (χ4n) is 2.76. The predicted molar refractivity (Wildman–Crippen MR) is 67.1 cm³/mol. The maximum atomic E-state index is 11.1. The number of likely N-dealkylation sites (tertiary alicyclic amines) is 1. The Bertz CT molecular complexity index is 266. The average molecular weight is 240 g/mol. The van der Waals surface area contributed by atoms with E-state index < -0.39 is 5.97 Å². The summed E-state index contributed by atoms with van der Waals surface area (Å²) in [5.41, 5.74) is 0. The van der Waals surface area contributed by atoms with Crippen LogP contribution in [0.2, 0.25) is 0 Å². The van der Waals surface area contributed by atoms with Crippen LogP contribution in [-0.4, -0.2) is 47.2 Å². The molecule has 2 atom stereocenters. The Morgan fingerprint density at radius 2 is 2.24 bits per heavy atom. The Morgan fingerprint density at radius 1 is 1.47 bits per heavy atom. The fraction of sp³-hybridized carbons (Fsp3) is 0.923. The molecule has 0 aromatic rings. The lowest BCUT2D eigenvalue weighted by Crippen LogP contribution is -2.41. The summed E-state index contributed by atoms with van der Waals surface area (Å²) in [7, 11) is 0. The Morgan fingerprint density at radius 3 is 2.82 bits per heavy atom. The van der Waals surface area contributed by atoms with E-state index in [0.29, 0.717) is 12.1 Å². The molecule has 1 heterocycles. The molecule has 1 aliphatic carbocycles. The molecule has 0 aromatic carbocycles. The van der Waals surface area contributed by atoms with E-state index in [2.05, 4.69) is 17.1 Å². The zero-order valence-corrected chi connectivity index (χ0v) is 10.7. The van der Waals surface area contributed by atoms with Gasteiger partial charge in [0.05, 0.1) is 0 Å². The smallest absolute Gasteiger partial charge is 0.320 e. The summed E-state index contributed by atoms with van der Waals surface area (Å²) < 4.78 is 0. The van der Waals surface area contributed by atoms with Crippen molar-refractivity contribution >= 4 is 5.97 Å². The molecule has 0 radical (unpaired) electrons. The van der Waals surface area contributed by atoms with E-state index in [1.165, 1.54) is 19.3 Å². The van der Waals surface area contributed by atoms with Gasteiger partial charge in [0.25, 0.3) is 0 Å². The minimum absolute atomic E-state index is 0.347. The van der Waals surface area contributed by atoms with E-state index in [9.17, 15) is 4.79 Å². The van der Waals surface area contributed by atoms with Crippen molar-refractivity contribution in [3.8, 4) is 0 Å². The first kappa shape index (κ1) is 12.8. The van der Waals surface area contributed by atoms with Crippen LogP contribution in [0.5, 0.6) is 0 Å². The van der Waals surface area contributed by atoms with E-state index in [4.69, 9.17) is 5.11 Å². The molecule has 0 bridgehead atoms. The highest BCUT2D eigenvalue weighted by atomic mass is 16.4. The van der Waals surface area contributed by atoms with Crippen LogP contribution in [0.25, 0.3) is 0 Å². The predicted octanol–water partition coefficient (Wildman–Crippen LogP) is 1.46. The van der Waals surface area contributed by atoms with E-state index >= 15 is 0 Å². The molecular weight excluding hydrogens is 216 g/mol. The van der Waals surface area contributed by atoms with Gasteiger partial charge in [-0.3, -0.25) is 4.79 Å². The first-order valence-electron chi connectivity index (χ1n) is 6.93. The Hall–Kier alpha value is -0.610. The van der Waals surface area contributed by atoms with Crippen molar-refractivity contribution < 1.29 is 9.90 Å². The topological polar surface area (TPSA) is 52.6 Å². The molecule has 4 heteroatoms. The van der Waals surface area contributed by atoms with Crippen LogP contribution < -0.4 is 5.32 Å². The molecule has 4 nitrogen and oxygen atoms in total. The van der Waals surface area contributed by atoms with Gasteiger partial charge in [0.15, 0.2) is 0 Å². The molecule has 0 aromatic heterocycles. The number of rotatable bonds is 7. The SMILES string of the molecule is CCC1CCCN1CCC(NC1CC1)C(=O)O. The summed E-state index contributed by atoms with van der Waals surface area (Å²) in [4.78, 5) is 13.6. The molecule has 0 amide bonds. The van der Waals surface area contributed by atoms with Crippen molar-refractivity contribution in [2.75, 3.05) is 13.1 Å². The molecule has 2 N–H and O–H groups in total. The molecule has 0 spiro atoms. The van der Waals surface area contributed by atoms with Crippen LogP contribution in [0, 0.1) is 0 Å². The molecular formula is C13H24N2O2. The average Bonchev–Trinajstić information content (AvgIpc) is 3.00. The van der Waals surface area contributed by atoms with Crippen molar-refractivity contribution in [1.29, 1.82) is 0 Å². The second-order valence-electron chi connectivity index (χ2n) is 5.36. The molecule has 2 unspecified atom stereocenters. The molecule has 2 aliphatic rings. The number of nitrogens with one attached hydrogen (secondary N) is 1. The molecule has 1 aliphatic heterocycles. The minimum atomic E-state index is -0.691. The number of nitrogens with zero attached hydrogens (tertiary/aromatic N) is 1. The lowest BCUT2D eigenvalue weighted by molar-refractivity contribution is -0.139. The van der Waals surface area contributed by atoms with Gasteiger partial charge in [-0.2, -0.15) is 0 Å². The maximum Gasteiger partial charge on any atom is 0.320 e. The molecule has 98 valence electrons. The van der Waals surface area contributed by atoms with Crippen LogP contribution in [0.1, 0.15) is 45.4 Å². The van der Waals surface area contributed by atoms with E-state index in [1.54, 1.807) is 0 Å². The van der Waals surface area contributed by atoms with Crippen LogP contribution in [0.3, 0.4) is 0 Å². The number of hydrogen-bond acceptors (Lipinski definition) is 3. The number of carboxylic acid groups (broad SMARTS) is 1. The first-order chi connectivity index (χ1) is 8.20. The second-order valence-corrected chi connectivity index (χ2v) is 5.36. The number of aliphatic carboxylic acids is 1. The van der Waals surface area contributed by atoms with Crippen LogP contribution in [0.4, 0.5) is 0 Å². The highest BCUT2D eigenvalue weighted by Gasteiger charge is 2.29. The Labute approximate surface area is 103 Å². The molecule has 1 saturated heterocycles. The van der Waals surface area contributed by atoms with Gasteiger partial charge < -0.3 is 15.3 Å². The fourth-order valence-corrected chi connectivity index (χ4v) is 2.76. The Balaban J connectivity index is 1.75. The summed E-state index contributed by atoms with van der Waals surface area (Å²) in [6.45, 7) is 4.30. The van der Waals surface area contributed by atoms with E-state index in [1.807, 2.05) is 0 Å². The highest BCUT2D eigenvalue weighted by molar-refractivity contribution is 5.73. The van der Waals surface area contributed by atoms with Gasteiger partial charge in [-0.1, -0.05) is 6.92 Å². The van der Waals surface area contributed by atoms with Crippen LogP contribution in [0.15, 0.2) is 0 Å². The van der Waals surface area contributed by atoms with E-state index in [0.717, 1.165) is 32.4 Å². The van der Waals surface area contributed by atoms with Gasteiger partial charge in [0.2, 0.25) is 0 Å². The third-order valence-corrected chi connectivity index (χ3v) is 3.99. The zero-order valence-electron chi connectivity index (χ0n) is 10.7.